The molecule has 1 aliphatic heterocycles. The van der Waals surface area contributed by atoms with Gasteiger partial charge in [-0.25, -0.2) is 4.68 Å². The molecule has 0 spiro atoms. The lowest BCUT2D eigenvalue weighted by molar-refractivity contribution is 0.229. The van der Waals surface area contributed by atoms with E-state index < -0.39 is 0 Å². The van der Waals surface area contributed by atoms with Gasteiger partial charge in [-0.3, -0.25) is 0 Å². The molecule has 1 aromatic heterocycles. The van der Waals surface area contributed by atoms with E-state index in [9.17, 15) is 0 Å². The van der Waals surface area contributed by atoms with Gasteiger partial charge in [0.2, 0.25) is 5.88 Å². The maximum Gasteiger partial charge on any atom is 0.215 e. The summed E-state index contributed by atoms with van der Waals surface area (Å²) in [4.78, 5) is 0. The van der Waals surface area contributed by atoms with Crippen molar-refractivity contribution >= 4 is 0 Å². The number of aryl methyl sites for hydroxylation is 2. The van der Waals surface area contributed by atoms with Gasteiger partial charge < -0.3 is 4.74 Å². The number of rotatable bonds is 0. The van der Waals surface area contributed by atoms with Crippen LogP contribution in [-0.4, -0.2) is 16.4 Å². The van der Waals surface area contributed by atoms with Crippen LogP contribution in [0.2, 0.25) is 0 Å². The van der Waals surface area contributed by atoms with Gasteiger partial charge in [0.1, 0.15) is 0 Å². The fourth-order valence-corrected chi connectivity index (χ4v) is 1.37. The van der Waals surface area contributed by atoms with E-state index in [-0.39, 0.29) is 0 Å². The van der Waals surface area contributed by atoms with Crippen molar-refractivity contribution in [2.24, 2.45) is 0 Å². The molecule has 3 nitrogen and oxygen atoms in total. The van der Waals surface area contributed by atoms with Crippen LogP contribution < -0.4 is 4.74 Å². The lowest BCUT2D eigenvalue weighted by atomic mass is 10.3. The maximum absolute atomic E-state index is 5.48. The second-order valence-corrected chi connectivity index (χ2v) is 2.94. The van der Waals surface area contributed by atoms with Gasteiger partial charge in [0.15, 0.2) is 0 Å². The van der Waals surface area contributed by atoms with E-state index in [4.69, 9.17) is 4.74 Å². The lowest BCUT2D eigenvalue weighted by Crippen LogP contribution is -2.14. The van der Waals surface area contributed by atoms with Gasteiger partial charge in [-0.15, -0.1) is 0 Å². The van der Waals surface area contributed by atoms with Crippen molar-refractivity contribution in [3.8, 4) is 5.88 Å². The Balaban J connectivity index is 0.000000442. The summed E-state index contributed by atoms with van der Waals surface area (Å²) in [5.41, 5.74) is 2.27. The summed E-state index contributed by atoms with van der Waals surface area (Å²) in [7, 11) is 0. The lowest BCUT2D eigenvalue weighted by Gasteiger charge is -2.14. The fourth-order valence-electron chi connectivity index (χ4n) is 1.37. The molecule has 0 N–H and O–H groups in total. The second kappa shape index (κ2) is 7.32. The summed E-state index contributed by atoms with van der Waals surface area (Å²) in [6.07, 6.45) is 1.08. The summed E-state index contributed by atoms with van der Waals surface area (Å²) in [6, 6.07) is 0. The van der Waals surface area contributed by atoms with Crippen LogP contribution in [0.1, 0.15) is 45.4 Å². The van der Waals surface area contributed by atoms with Gasteiger partial charge in [-0.2, -0.15) is 5.10 Å². The highest BCUT2D eigenvalue weighted by Crippen LogP contribution is 2.23. The van der Waals surface area contributed by atoms with Crippen LogP contribution in [0.5, 0.6) is 5.88 Å². The van der Waals surface area contributed by atoms with Gasteiger partial charge in [-0.05, 0) is 13.8 Å². The van der Waals surface area contributed by atoms with Crippen molar-refractivity contribution < 1.29 is 4.74 Å². The van der Waals surface area contributed by atoms with Crippen molar-refractivity contribution in [2.75, 3.05) is 6.61 Å². The van der Waals surface area contributed by atoms with Crippen LogP contribution in [0.25, 0.3) is 0 Å². The largest absolute Gasteiger partial charge is 0.478 e. The third kappa shape index (κ3) is 3.26. The molecule has 2 heterocycles. The van der Waals surface area contributed by atoms with E-state index in [1.807, 2.05) is 39.3 Å². The third-order valence-corrected chi connectivity index (χ3v) is 2.12. The highest BCUT2D eigenvalue weighted by Gasteiger charge is 2.15. The Bertz CT molecular complexity index is 279. The van der Waals surface area contributed by atoms with Crippen LogP contribution in [0.15, 0.2) is 0 Å². The zero-order chi connectivity index (χ0) is 11.8. The van der Waals surface area contributed by atoms with Crippen molar-refractivity contribution in [3.63, 3.8) is 0 Å². The number of fused-ring (bicyclic) bond motifs is 1. The Labute approximate surface area is 93.4 Å². The molecule has 0 amide bonds. The quantitative estimate of drug-likeness (QED) is 0.659. The SMILES string of the molecule is CC.CC.Cc1nn2c(c1C)OCCC2. The molecule has 0 saturated carbocycles. The molecular weight excluding hydrogens is 188 g/mol. The van der Waals surface area contributed by atoms with E-state index in [2.05, 4.69) is 12.0 Å². The van der Waals surface area contributed by atoms with Gasteiger partial charge in [0, 0.05) is 18.5 Å². The van der Waals surface area contributed by atoms with Gasteiger partial charge in [0.25, 0.3) is 0 Å². The molecule has 15 heavy (non-hydrogen) atoms. The predicted octanol–water partition coefficient (Wildman–Crippen LogP) is 3.33. The molecule has 0 atom stereocenters. The number of ether oxygens (including phenoxy) is 1. The fraction of sp³-hybridized carbons (Fsp3) is 0.750. The summed E-state index contributed by atoms with van der Waals surface area (Å²) in [6.45, 7) is 13.9. The molecule has 0 aromatic carbocycles. The average Bonchev–Trinajstić information content (AvgIpc) is 2.61. The predicted molar refractivity (Wildman–Crippen MR) is 64.5 cm³/mol. The van der Waals surface area contributed by atoms with Crippen LogP contribution in [0.4, 0.5) is 0 Å². The zero-order valence-corrected chi connectivity index (χ0v) is 10.9. The first-order chi connectivity index (χ1) is 7.29. The number of hydrogen-bond acceptors (Lipinski definition) is 2. The van der Waals surface area contributed by atoms with E-state index >= 15 is 0 Å². The minimum absolute atomic E-state index is 0.839. The molecule has 1 aliphatic rings. The minimum atomic E-state index is 0.839. The summed E-state index contributed by atoms with van der Waals surface area (Å²) >= 11 is 0. The van der Waals surface area contributed by atoms with Gasteiger partial charge in [-0.1, -0.05) is 27.7 Å². The van der Waals surface area contributed by atoms with Gasteiger partial charge in [0.05, 0.1) is 12.3 Å². The van der Waals surface area contributed by atoms with Crippen LogP contribution in [0.3, 0.4) is 0 Å². The smallest absolute Gasteiger partial charge is 0.215 e. The molecule has 0 bridgehead atoms. The highest BCUT2D eigenvalue weighted by molar-refractivity contribution is 5.29. The van der Waals surface area contributed by atoms with Gasteiger partial charge >= 0.3 is 0 Å². The highest BCUT2D eigenvalue weighted by atomic mass is 16.5. The molecule has 3 heteroatoms. The first kappa shape index (κ1) is 14.0. The first-order valence-corrected chi connectivity index (χ1v) is 5.96. The third-order valence-electron chi connectivity index (χ3n) is 2.12. The van der Waals surface area contributed by atoms with Crippen molar-refractivity contribution in [3.05, 3.63) is 11.3 Å². The Hall–Kier alpha value is -0.990. The minimum Gasteiger partial charge on any atom is -0.478 e. The molecule has 0 aliphatic carbocycles. The van der Waals surface area contributed by atoms with Crippen molar-refractivity contribution in [1.29, 1.82) is 0 Å². The number of aromatic nitrogens is 2. The number of nitrogens with zero attached hydrogens (tertiary/aromatic N) is 2. The molecule has 0 radical (unpaired) electrons. The summed E-state index contributed by atoms with van der Waals surface area (Å²) in [5, 5.41) is 4.34. The normalized spacial score (nSPS) is 12.4. The molecular formula is C12H24N2O. The Morgan fingerprint density at radius 3 is 2.27 bits per heavy atom. The summed E-state index contributed by atoms with van der Waals surface area (Å²) in [5.74, 6) is 0.966. The van der Waals surface area contributed by atoms with Crippen molar-refractivity contribution in [2.45, 2.75) is 54.5 Å². The summed E-state index contributed by atoms with van der Waals surface area (Å²) < 4.78 is 7.43. The molecule has 1 aromatic rings. The van der Waals surface area contributed by atoms with Crippen LogP contribution in [0, 0.1) is 13.8 Å². The molecule has 0 fully saturated rings. The molecule has 0 saturated heterocycles. The van der Waals surface area contributed by atoms with Crippen LogP contribution in [-0.2, 0) is 6.54 Å². The average molecular weight is 212 g/mol. The maximum atomic E-state index is 5.48. The standard InChI is InChI=1S/C8H12N2O.2C2H6/c1-6-7(2)9-10-4-3-5-11-8(6)10;2*1-2/h3-5H2,1-2H3;2*1-2H3. The van der Waals surface area contributed by atoms with E-state index in [1.165, 1.54) is 5.56 Å². The van der Waals surface area contributed by atoms with Crippen molar-refractivity contribution in [1.82, 2.24) is 9.78 Å². The van der Waals surface area contributed by atoms with E-state index in [0.29, 0.717) is 0 Å². The van der Waals surface area contributed by atoms with E-state index in [0.717, 1.165) is 31.1 Å². The number of hydrogen-bond donors (Lipinski definition) is 0. The zero-order valence-electron chi connectivity index (χ0n) is 10.9. The monoisotopic (exact) mass is 212 g/mol. The molecule has 2 rings (SSSR count). The topological polar surface area (TPSA) is 27.1 Å². The second-order valence-electron chi connectivity index (χ2n) is 2.94. The molecule has 0 unspecified atom stereocenters. The van der Waals surface area contributed by atoms with Crippen LogP contribution >= 0.6 is 0 Å². The molecule has 88 valence electrons. The van der Waals surface area contributed by atoms with E-state index in [1.54, 1.807) is 0 Å². The Kier molecular flexibility index (Phi) is 6.84. The Morgan fingerprint density at radius 2 is 1.73 bits per heavy atom. The Morgan fingerprint density at radius 1 is 1.13 bits per heavy atom. The first-order valence-electron chi connectivity index (χ1n) is 5.96.